The summed E-state index contributed by atoms with van der Waals surface area (Å²) in [4.78, 5) is 20.7. The quantitative estimate of drug-likeness (QED) is 0.576. The monoisotopic (exact) mass is 365 g/mol. The lowest BCUT2D eigenvalue weighted by Gasteiger charge is -2.46. The third kappa shape index (κ3) is 5.86. The molecule has 0 aliphatic carbocycles. The molecule has 2 rings (SSSR count). The second kappa shape index (κ2) is 9.07. The zero-order chi connectivity index (χ0) is 19.3. The molecule has 0 aromatic carbocycles. The summed E-state index contributed by atoms with van der Waals surface area (Å²) in [5.74, 6) is 2.61. The summed E-state index contributed by atoms with van der Waals surface area (Å²) >= 11 is 0. The number of primary amides is 1. The van der Waals surface area contributed by atoms with Gasteiger partial charge in [0.25, 0.3) is 0 Å². The Labute approximate surface area is 159 Å². The minimum atomic E-state index is -0.200. The average Bonchev–Trinajstić information content (AvgIpc) is 2.54. The Bertz CT molecular complexity index is 494. The first-order valence-corrected chi connectivity index (χ1v) is 10.2. The Balaban J connectivity index is 1.92. The van der Waals surface area contributed by atoms with Crippen LogP contribution in [0.25, 0.3) is 0 Å². The molecule has 0 spiro atoms. The van der Waals surface area contributed by atoms with Gasteiger partial charge in [0, 0.05) is 51.7 Å². The van der Waals surface area contributed by atoms with Crippen molar-refractivity contribution in [3.8, 4) is 0 Å². The number of carbonyl (C=O) groups excluding carboxylic acids is 1. The predicted molar refractivity (Wildman–Crippen MR) is 108 cm³/mol. The molecule has 150 valence electrons. The molecule has 0 saturated carbocycles. The number of piperidine rings is 2. The van der Waals surface area contributed by atoms with E-state index >= 15 is 0 Å². The van der Waals surface area contributed by atoms with Gasteiger partial charge in [-0.15, -0.1) is 0 Å². The van der Waals surface area contributed by atoms with Gasteiger partial charge in [0.05, 0.1) is 0 Å². The molecule has 2 heterocycles. The molecule has 0 aromatic heterocycles. The highest BCUT2D eigenvalue weighted by atomic mass is 16.1. The van der Waals surface area contributed by atoms with Crippen LogP contribution in [-0.4, -0.2) is 67.0 Å². The number of amides is 1. The van der Waals surface area contributed by atoms with Crippen molar-refractivity contribution in [2.24, 2.45) is 28.5 Å². The summed E-state index contributed by atoms with van der Waals surface area (Å²) in [6, 6.07) is 0. The number of hydrogen-bond acceptors (Lipinski definition) is 3. The zero-order valence-electron chi connectivity index (χ0n) is 17.4. The molecule has 2 fully saturated rings. The summed E-state index contributed by atoms with van der Waals surface area (Å²) < 4.78 is 0. The van der Waals surface area contributed by atoms with Crippen molar-refractivity contribution < 1.29 is 4.79 Å². The molecular weight excluding hydrogens is 326 g/mol. The molecule has 0 bridgehead atoms. The molecule has 0 radical (unpaired) electrons. The largest absolute Gasteiger partial charge is 0.370 e. The molecule has 6 nitrogen and oxygen atoms in total. The van der Waals surface area contributed by atoms with E-state index in [1.165, 1.54) is 19.5 Å². The number of nitrogens with one attached hydrogen (secondary N) is 1. The number of aliphatic imine (C=N–C) groups is 1. The maximum Gasteiger partial charge on any atom is 0.217 e. The van der Waals surface area contributed by atoms with Gasteiger partial charge in [-0.2, -0.15) is 0 Å². The Morgan fingerprint density at radius 2 is 1.88 bits per heavy atom. The molecule has 3 atom stereocenters. The van der Waals surface area contributed by atoms with Gasteiger partial charge in [0.2, 0.25) is 5.91 Å². The van der Waals surface area contributed by atoms with Crippen molar-refractivity contribution in [3.05, 3.63) is 0 Å². The van der Waals surface area contributed by atoms with E-state index in [0.717, 1.165) is 50.3 Å². The van der Waals surface area contributed by atoms with Crippen LogP contribution < -0.4 is 11.1 Å². The molecule has 26 heavy (non-hydrogen) atoms. The number of nitrogens with zero attached hydrogens (tertiary/aromatic N) is 3. The third-order valence-electron chi connectivity index (χ3n) is 5.92. The van der Waals surface area contributed by atoms with Crippen molar-refractivity contribution in [1.29, 1.82) is 0 Å². The second-order valence-corrected chi connectivity index (χ2v) is 9.19. The number of nitrogens with two attached hydrogens (primary N) is 1. The topological polar surface area (TPSA) is 74.0 Å². The van der Waals surface area contributed by atoms with Crippen LogP contribution in [0.15, 0.2) is 4.99 Å². The first-order chi connectivity index (χ1) is 12.2. The van der Waals surface area contributed by atoms with Crippen molar-refractivity contribution in [1.82, 2.24) is 15.1 Å². The van der Waals surface area contributed by atoms with Crippen LogP contribution in [-0.2, 0) is 4.79 Å². The van der Waals surface area contributed by atoms with Crippen LogP contribution in [0.4, 0.5) is 0 Å². The van der Waals surface area contributed by atoms with Gasteiger partial charge in [0.1, 0.15) is 0 Å². The van der Waals surface area contributed by atoms with E-state index in [9.17, 15) is 4.79 Å². The standard InChI is InChI=1S/C20H39N5O/c1-15-9-16(2)12-25(11-15)20(3,4)14-23-19(22-5)24-8-6-7-17(13-24)10-18(21)26/h15-17H,6-14H2,1-5H3,(H2,21,26)(H,22,23). The maximum atomic E-state index is 11.3. The van der Waals surface area contributed by atoms with Crippen LogP contribution in [0.3, 0.4) is 0 Å². The predicted octanol–water partition coefficient (Wildman–Crippen LogP) is 1.91. The summed E-state index contributed by atoms with van der Waals surface area (Å²) in [6.07, 6.45) is 3.97. The smallest absolute Gasteiger partial charge is 0.217 e. The molecule has 1 amide bonds. The Morgan fingerprint density at radius 3 is 2.46 bits per heavy atom. The fourth-order valence-electron chi connectivity index (χ4n) is 4.61. The van der Waals surface area contributed by atoms with Gasteiger partial charge in [-0.05, 0) is 50.9 Å². The minimum absolute atomic E-state index is 0.0846. The van der Waals surface area contributed by atoms with Crippen LogP contribution >= 0.6 is 0 Å². The Hall–Kier alpha value is -1.30. The molecule has 2 aliphatic rings. The molecule has 2 aliphatic heterocycles. The molecule has 3 unspecified atom stereocenters. The van der Waals surface area contributed by atoms with E-state index in [1.54, 1.807) is 0 Å². The van der Waals surface area contributed by atoms with E-state index in [0.29, 0.717) is 12.3 Å². The molecule has 6 heteroatoms. The molecular formula is C20H39N5O. The lowest BCUT2D eigenvalue weighted by atomic mass is 9.88. The van der Waals surface area contributed by atoms with Gasteiger partial charge in [-0.1, -0.05) is 13.8 Å². The van der Waals surface area contributed by atoms with E-state index in [2.05, 4.69) is 47.8 Å². The summed E-state index contributed by atoms with van der Waals surface area (Å²) in [7, 11) is 1.85. The van der Waals surface area contributed by atoms with Gasteiger partial charge >= 0.3 is 0 Å². The van der Waals surface area contributed by atoms with Gasteiger partial charge in [0.15, 0.2) is 5.96 Å². The second-order valence-electron chi connectivity index (χ2n) is 9.19. The summed E-state index contributed by atoms with van der Waals surface area (Å²) in [5, 5.41) is 3.60. The van der Waals surface area contributed by atoms with Crippen LogP contribution in [0.5, 0.6) is 0 Å². The SMILES string of the molecule is CN=C(NCC(C)(C)N1CC(C)CC(C)C1)N1CCCC(CC(N)=O)C1. The molecule has 2 saturated heterocycles. The third-order valence-corrected chi connectivity index (χ3v) is 5.92. The van der Waals surface area contributed by atoms with Gasteiger partial charge in [-0.25, -0.2) is 0 Å². The van der Waals surface area contributed by atoms with Crippen molar-refractivity contribution >= 4 is 11.9 Å². The number of hydrogen-bond donors (Lipinski definition) is 2. The first kappa shape index (κ1) is 21.0. The van der Waals surface area contributed by atoms with Gasteiger partial charge < -0.3 is 16.0 Å². The first-order valence-electron chi connectivity index (χ1n) is 10.2. The number of carbonyl (C=O) groups is 1. The summed E-state index contributed by atoms with van der Waals surface area (Å²) in [5.41, 5.74) is 5.47. The van der Waals surface area contributed by atoms with Crippen LogP contribution in [0, 0.1) is 17.8 Å². The summed E-state index contributed by atoms with van der Waals surface area (Å²) in [6.45, 7) is 14.4. The Kier molecular flexibility index (Phi) is 7.33. The normalized spacial score (nSPS) is 28.9. The highest BCUT2D eigenvalue weighted by molar-refractivity contribution is 5.80. The fourth-order valence-corrected chi connectivity index (χ4v) is 4.61. The highest BCUT2D eigenvalue weighted by Crippen LogP contribution is 2.27. The van der Waals surface area contributed by atoms with Crippen molar-refractivity contribution in [2.45, 2.75) is 58.9 Å². The zero-order valence-corrected chi connectivity index (χ0v) is 17.4. The van der Waals surface area contributed by atoms with Crippen molar-refractivity contribution in [3.63, 3.8) is 0 Å². The highest BCUT2D eigenvalue weighted by Gasteiger charge is 2.33. The lowest BCUT2D eigenvalue weighted by molar-refractivity contribution is -0.119. The van der Waals surface area contributed by atoms with E-state index in [-0.39, 0.29) is 11.4 Å². The average molecular weight is 366 g/mol. The van der Waals surface area contributed by atoms with Gasteiger partial charge in [-0.3, -0.25) is 14.7 Å². The maximum absolute atomic E-state index is 11.3. The fraction of sp³-hybridized carbons (Fsp3) is 0.900. The molecule has 0 aromatic rings. The number of likely N-dealkylation sites (tertiary alicyclic amines) is 2. The van der Waals surface area contributed by atoms with E-state index in [1.807, 2.05) is 7.05 Å². The lowest BCUT2D eigenvalue weighted by Crippen LogP contribution is -2.58. The Morgan fingerprint density at radius 1 is 1.23 bits per heavy atom. The number of rotatable bonds is 5. The minimum Gasteiger partial charge on any atom is -0.370 e. The van der Waals surface area contributed by atoms with E-state index < -0.39 is 0 Å². The number of guanidine groups is 1. The van der Waals surface area contributed by atoms with Crippen LogP contribution in [0.2, 0.25) is 0 Å². The van der Waals surface area contributed by atoms with Crippen molar-refractivity contribution in [2.75, 3.05) is 39.8 Å². The van der Waals surface area contributed by atoms with E-state index in [4.69, 9.17) is 5.73 Å². The van der Waals surface area contributed by atoms with Crippen LogP contribution in [0.1, 0.15) is 53.4 Å². The molecule has 3 N–H and O–H groups in total.